The zero-order chi connectivity index (χ0) is 10.8. The van der Waals surface area contributed by atoms with Gasteiger partial charge in [-0.3, -0.25) is 0 Å². The molecule has 1 aliphatic rings. The highest BCUT2D eigenvalue weighted by molar-refractivity contribution is 7.99. The van der Waals surface area contributed by atoms with E-state index in [1.807, 2.05) is 0 Å². The lowest BCUT2D eigenvalue weighted by Gasteiger charge is -2.23. The molecule has 0 amide bonds. The van der Waals surface area contributed by atoms with Crippen LogP contribution in [0.1, 0.15) is 13.3 Å². The molecule has 0 aromatic rings. The molecule has 0 spiro atoms. The van der Waals surface area contributed by atoms with Crippen LogP contribution < -0.4 is 0 Å². The Morgan fingerprint density at radius 2 is 2.29 bits per heavy atom. The molecule has 0 bridgehead atoms. The minimum Gasteiger partial charge on any atom is -0.211 e. The third-order valence-electron chi connectivity index (χ3n) is 2.45. The van der Waals surface area contributed by atoms with Crippen LogP contribution in [0, 0.1) is 11.3 Å². The first-order chi connectivity index (χ1) is 6.50. The van der Waals surface area contributed by atoms with Crippen molar-refractivity contribution in [3.63, 3.8) is 0 Å². The van der Waals surface area contributed by atoms with Gasteiger partial charge in [0.1, 0.15) is 0 Å². The Morgan fingerprint density at radius 3 is 2.71 bits per heavy atom. The van der Waals surface area contributed by atoms with Crippen molar-refractivity contribution in [2.24, 2.45) is 0 Å². The molecule has 2 atom stereocenters. The fraction of sp³-hybridized carbons (Fsp3) is 0.875. The first kappa shape index (κ1) is 11.8. The van der Waals surface area contributed by atoms with E-state index in [-0.39, 0.29) is 6.04 Å². The minimum absolute atomic E-state index is 0.0702. The summed E-state index contributed by atoms with van der Waals surface area (Å²) in [6, 6.07) is 1.84. The lowest BCUT2D eigenvalue weighted by molar-refractivity contribution is 0.392. The van der Waals surface area contributed by atoms with Crippen LogP contribution in [0.25, 0.3) is 0 Å². The van der Waals surface area contributed by atoms with Crippen molar-refractivity contribution in [2.45, 2.75) is 24.6 Å². The van der Waals surface area contributed by atoms with Gasteiger partial charge in [0.2, 0.25) is 10.0 Å². The molecule has 1 fully saturated rings. The number of nitriles is 1. The number of rotatable bonds is 3. The Kier molecular flexibility index (Phi) is 3.81. The third-order valence-corrected chi connectivity index (χ3v) is 5.69. The molecule has 0 aromatic heterocycles. The summed E-state index contributed by atoms with van der Waals surface area (Å²) in [6.45, 7) is 1.42. The number of sulfonamides is 1. The van der Waals surface area contributed by atoms with E-state index in [4.69, 9.17) is 5.26 Å². The van der Waals surface area contributed by atoms with Crippen LogP contribution in [0.5, 0.6) is 0 Å². The van der Waals surface area contributed by atoms with E-state index in [9.17, 15) is 8.42 Å². The van der Waals surface area contributed by atoms with Crippen LogP contribution in [0.15, 0.2) is 0 Å². The van der Waals surface area contributed by atoms with Gasteiger partial charge < -0.3 is 0 Å². The van der Waals surface area contributed by atoms with Crippen molar-refractivity contribution >= 4 is 21.8 Å². The predicted octanol–water partition coefficient (Wildman–Crippen LogP) is 0.666. The maximum atomic E-state index is 11.7. The number of nitrogens with zero attached hydrogens (tertiary/aromatic N) is 2. The molecule has 14 heavy (non-hydrogen) atoms. The van der Waals surface area contributed by atoms with Crippen molar-refractivity contribution in [3.05, 3.63) is 0 Å². The summed E-state index contributed by atoms with van der Waals surface area (Å²) in [4.78, 5) is 0. The normalized spacial score (nSPS) is 24.9. The van der Waals surface area contributed by atoms with Gasteiger partial charge in [-0.1, -0.05) is 0 Å². The summed E-state index contributed by atoms with van der Waals surface area (Å²) in [5, 5.41) is 7.65. The highest BCUT2D eigenvalue weighted by Crippen LogP contribution is 2.24. The second-order valence-electron chi connectivity index (χ2n) is 3.35. The van der Waals surface area contributed by atoms with Gasteiger partial charge in [-0.15, -0.1) is 0 Å². The second kappa shape index (κ2) is 4.51. The SMILES string of the molecule is CC(C#N)S(=O)(=O)N(C)C1CCSC1. The van der Waals surface area contributed by atoms with Crippen molar-refractivity contribution in [3.8, 4) is 6.07 Å². The van der Waals surface area contributed by atoms with Crippen LogP contribution in [-0.2, 0) is 10.0 Å². The van der Waals surface area contributed by atoms with Gasteiger partial charge in [-0.2, -0.15) is 21.3 Å². The summed E-state index contributed by atoms with van der Waals surface area (Å²) >= 11 is 1.76. The van der Waals surface area contributed by atoms with Crippen LogP contribution in [0.2, 0.25) is 0 Å². The summed E-state index contributed by atoms with van der Waals surface area (Å²) in [6.07, 6.45) is 0.887. The third kappa shape index (κ3) is 2.22. The number of thioether (sulfide) groups is 1. The Morgan fingerprint density at radius 1 is 1.64 bits per heavy atom. The average Bonchev–Trinajstić information content (AvgIpc) is 2.67. The first-order valence-corrected chi connectivity index (χ1v) is 7.10. The molecule has 80 valence electrons. The fourth-order valence-electron chi connectivity index (χ4n) is 1.33. The maximum Gasteiger partial charge on any atom is 0.230 e. The van der Waals surface area contributed by atoms with Crippen LogP contribution >= 0.6 is 11.8 Å². The molecular weight excluding hydrogens is 220 g/mol. The zero-order valence-corrected chi connectivity index (χ0v) is 9.94. The van der Waals surface area contributed by atoms with Gasteiger partial charge in [0.05, 0.1) is 6.07 Å². The molecule has 0 aromatic carbocycles. The van der Waals surface area contributed by atoms with Crippen molar-refractivity contribution in [1.82, 2.24) is 4.31 Å². The topological polar surface area (TPSA) is 61.2 Å². The average molecular weight is 234 g/mol. The van der Waals surface area contributed by atoms with Crippen LogP contribution in [-0.4, -0.2) is 42.6 Å². The zero-order valence-electron chi connectivity index (χ0n) is 8.30. The van der Waals surface area contributed by atoms with E-state index in [1.165, 1.54) is 11.2 Å². The fourth-order valence-corrected chi connectivity index (χ4v) is 3.92. The Hall–Kier alpha value is -0.250. The van der Waals surface area contributed by atoms with Crippen LogP contribution in [0.3, 0.4) is 0 Å². The van der Waals surface area contributed by atoms with Gasteiger partial charge in [-0.25, -0.2) is 8.42 Å². The molecule has 1 aliphatic heterocycles. The summed E-state index contributed by atoms with van der Waals surface area (Å²) in [5.41, 5.74) is 0. The molecule has 0 saturated carbocycles. The molecule has 0 radical (unpaired) electrons. The van der Waals surface area contributed by atoms with E-state index >= 15 is 0 Å². The van der Waals surface area contributed by atoms with Crippen molar-refractivity contribution in [1.29, 1.82) is 5.26 Å². The number of hydrogen-bond donors (Lipinski definition) is 0. The van der Waals surface area contributed by atoms with Crippen LogP contribution in [0.4, 0.5) is 0 Å². The van der Waals surface area contributed by atoms with E-state index in [0.29, 0.717) is 0 Å². The first-order valence-electron chi connectivity index (χ1n) is 4.44. The Balaban J connectivity index is 2.77. The molecule has 2 unspecified atom stereocenters. The molecule has 1 heterocycles. The monoisotopic (exact) mass is 234 g/mol. The smallest absolute Gasteiger partial charge is 0.211 e. The van der Waals surface area contributed by atoms with Crippen molar-refractivity contribution in [2.75, 3.05) is 18.6 Å². The van der Waals surface area contributed by atoms with Gasteiger partial charge >= 0.3 is 0 Å². The Labute approximate surface area is 89.3 Å². The van der Waals surface area contributed by atoms with E-state index in [2.05, 4.69) is 0 Å². The molecule has 6 heteroatoms. The van der Waals surface area contributed by atoms with Gasteiger partial charge in [-0.05, 0) is 19.1 Å². The summed E-state index contributed by atoms with van der Waals surface area (Å²) < 4.78 is 24.8. The molecule has 1 rings (SSSR count). The molecule has 0 N–H and O–H groups in total. The predicted molar refractivity (Wildman–Crippen MR) is 57.5 cm³/mol. The highest BCUT2D eigenvalue weighted by Gasteiger charge is 2.32. The largest absolute Gasteiger partial charge is 0.230 e. The maximum absolute atomic E-state index is 11.7. The number of hydrogen-bond acceptors (Lipinski definition) is 4. The lowest BCUT2D eigenvalue weighted by Crippen LogP contribution is -2.41. The highest BCUT2D eigenvalue weighted by atomic mass is 32.2. The van der Waals surface area contributed by atoms with Gasteiger partial charge in [0.15, 0.2) is 5.25 Å². The summed E-state index contributed by atoms with van der Waals surface area (Å²) in [5.74, 6) is 1.85. The standard InChI is InChI=1S/C8H14N2O2S2/c1-7(5-9)14(11,12)10(2)8-3-4-13-6-8/h7-8H,3-4,6H2,1-2H3. The van der Waals surface area contributed by atoms with E-state index < -0.39 is 15.3 Å². The van der Waals surface area contributed by atoms with Gasteiger partial charge in [0, 0.05) is 18.8 Å². The van der Waals surface area contributed by atoms with Crippen molar-refractivity contribution < 1.29 is 8.42 Å². The summed E-state index contributed by atoms with van der Waals surface area (Å²) in [7, 11) is -1.84. The van der Waals surface area contributed by atoms with Gasteiger partial charge in [0.25, 0.3) is 0 Å². The second-order valence-corrected chi connectivity index (χ2v) is 6.81. The lowest BCUT2D eigenvalue weighted by atomic mass is 10.3. The minimum atomic E-state index is -3.41. The van der Waals surface area contributed by atoms with E-state index in [0.717, 1.165) is 17.9 Å². The molecular formula is C8H14N2O2S2. The quantitative estimate of drug-likeness (QED) is 0.720. The Bertz CT molecular complexity index is 328. The molecule has 0 aliphatic carbocycles. The van der Waals surface area contributed by atoms with E-state index in [1.54, 1.807) is 24.9 Å². The molecule has 1 saturated heterocycles. The molecule has 4 nitrogen and oxygen atoms in total.